The maximum Gasteiger partial charge on any atom is 0.503 e. The second-order valence-corrected chi connectivity index (χ2v) is 6.67. The highest BCUT2D eigenvalue weighted by atomic mass is 32.2. The van der Waals surface area contributed by atoms with Crippen molar-refractivity contribution in [3.63, 3.8) is 0 Å². The molecule has 0 aliphatic carbocycles. The Hall–Kier alpha value is -1.31. The maximum atomic E-state index is 12.1. The lowest BCUT2D eigenvalue weighted by Gasteiger charge is -2.09. The van der Waals surface area contributed by atoms with E-state index in [4.69, 9.17) is 0 Å². The number of nitrogens with one attached hydrogen (secondary N) is 1. The Morgan fingerprint density at radius 1 is 0.895 bits per heavy atom. The molecule has 0 saturated heterocycles. The molecule has 19 heavy (non-hydrogen) atoms. The fourth-order valence-corrected chi connectivity index (χ4v) is 2.97. The summed E-state index contributed by atoms with van der Waals surface area (Å²) < 4.78 is 116. The van der Waals surface area contributed by atoms with Crippen molar-refractivity contribution < 1.29 is 43.2 Å². The Bertz CT molecular complexity index is 623. The molecule has 0 amide bonds. The van der Waals surface area contributed by atoms with Crippen molar-refractivity contribution in [2.24, 2.45) is 0 Å². The molecule has 0 radical (unpaired) electrons. The van der Waals surface area contributed by atoms with Crippen LogP contribution >= 0.6 is 0 Å². The summed E-state index contributed by atoms with van der Waals surface area (Å²) in [6.07, 6.45) is 0.0945. The molecule has 1 N–H and O–H groups in total. The van der Waals surface area contributed by atoms with Crippen molar-refractivity contribution in [1.82, 2.24) is 9.97 Å². The number of H-pyrrole nitrogens is 1. The average Bonchev–Trinajstić information content (AvgIpc) is 2.62. The van der Waals surface area contributed by atoms with Crippen LogP contribution in [0.1, 0.15) is 0 Å². The molecule has 1 rings (SSSR count). The van der Waals surface area contributed by atoms with E-state index in [-0.39, 0.29) is 6.33 Å². The average molecular weight is 332 g/mol. The van der Waals surface area contributed by atoms with Crippen LogP contribution in [0.25, 0.3) is 0 Å². The normalized spacial score (nSPS) is 14.6. The van der Waals surface area contributed by atoms with Gasteiger partial charge in [-0.2, -0.15) is 26.3 Å². The molecule has 0 spiro atoms. The summed E-state index contributed by atoms with van der Waals surface area (Å²) in [6, 6.07) is 0. The number of hydrogen-bond acceptors (Lipinski definition) is 5. The summed E-state index contributed by atoms with van der Waals surface area (Å²) in [5.41, 5.74) is -12.0. The number of nitrogens with zero attached hydrogens (tertiary/aromatic N) is 1. The van der Waals surface area contributed by atoms with E-state index in [1.54, 1.807) is 0 Å². The lowest BCUT2D eigenvalue weighted by atomic mass is 10.9. The minimum Gasteiger partial charge on any atom is -0.334 e. The maximum absolute atomic E-state index is 12.1. The smallest absolute Gasteiger partial charge is 0.334 e. The quantitative estimate of drug-likeness (QED) is 0.815. The number of alkyl halides is 6. The van der Waals surface area contributed by atoms with Gasteiger partial charge in [-0.15, -0.1) is 0 Å². The second-order valence-electron chi connectivity index (χ2n) is 2.94. The molecule has 1 aromatic heterocycles. The Morgan fingerprint density at radius 3 is 1.68 bits per heavy atom. The summed E-state index contributed by atoms with van der Waals surface area (Å²) in [4.78, 5) is 3.72. The number of sulfone groups is 2. The molecule has 0 aliphatic rings. The molecule has 0 bridgehead atoms. The molecule has 0 saturated carbocycles. The third-order valence-electron chi connectivity index (χ3n) is 1.70. The minimum absolute atomic E-state index is 0.0945. The molecule has 1 heterocycles. The highest BCUT2D eigenvalue weighted by molar-refractivity contribution is 7.95. The van der Waals surface area contributed by atoms with Crippen LogP contribution in [-0.2, 0) is 19.7 Å². The molecule has 0 atom stereocenters. The number of imidazole rings is 1. The molecular formula is C5H2F6N2O4S2. The first-order chi connectivity index (χ1) is 8.23. The van der Waals surface area contributed by atoms with Gasteiger partial charge in [0.2, 0.25) is 5.03 Å². The third-order valence-corrected chi connectivity index (χ3v) is 4.72. The van der Waals surface area contributed by atoms with E-state index in [1.807, 2.05) is 0 Å². The molecule has 0 unspecified atom stereocenters. The van der Waals surface area contributed by atoms with Gasteiger partial charge in [-0.05, 0) is 0 Å². The molecule has 14 heteroatoms. The summed E-state index contributed by atoms with van der Waals surface area (Å²) in [5.74, 6) is 0. The van der Waals surface area contributed by atoms with Crippen LogP contribution in [-0.4, -0.2) is 37.8 Å². The van der Waals surface area contributed by atoms with Gasteiger partial charge >= 0.3 is 11.0 Å². The van der Waals surface area contributed by atoms with Crippen LogP contribution in [0.4, 0.5) is 26.3 Å². The van der Waals surface area contributed by atoms with Crippen LogP contribution in [0.2, 0.25) is 0 Å². The Labute approximate surface area is 101 Å². The van der Waals surface area contributed by atoms with E-state index in [1.165, 1.54) is 4.98 Å². The van der Waals surface area contributed by atoms with Gasteiger partial charge in [0, 0.05) is 0 Å². The van der Waals surface area contributed by atoms with Crippen LogP contribution in [0, 0.1) is 0 Å². The van der Waals surface area contributed by atoms with Gasteiger partial charge in [0.25, 0.3) is 19.7 Å². The van der Waals surface area contributed by atoms with Crippen molar-refractivity contribution in [2.75, 3.05) is 0 Å². The van der Waals surface area contributed by atoms with Crippen LogP contribution in [0.3, 0.4) is 0 Å². The highest BCUT2D eigenvalue weighted by Gasteiger charge is 2.55. The molecule has 0 fully saturated rings. The Kier molecular flexibility index (Phi) is 3.39. The molecule has 0 aromatic carbocycles. The summed E-state index contributed by atoms with van der Waals surface area (Å²) >= 11 is 0. The zero-order valence-corrected chi connectivity index (χ0v) is 9.87. The molecule has 1 aromatic rings. The summed E-state index contributed by atoms with van der Waals surface area (Å²) in [6.45, 7) is 0. The van der Waals surface area contributed by atoms with E-state index < -0.39 is 40.7 Å². The number of halogens is 6. The topological polar surface area (TPSA) is 97.0 Å². The lowest BCUT2D eigenvalue weighted by Crippen LogP contribution is -2.29. The van der Waals surface area contributed by atoms with E-state index >= 15 is 0 Å². The largest absolute Gasteiger partial charge is 0.503 e. The Morgan fingerprint density at radius 2 is 1.32 bits per heavy atom. The van der Waals surface area contributed by atoms with Crippen molar-refractivity contribution in [1.29, 1.82) is 0 Å². The summed E-state index contributed by atoms with van der Waals surface area (Å²) in [7, 11) is -12.6. The van der Waals surface area contributed by atoms with Gasteiger partial charge < -0.3 is 4.98 Å². The van der Waals surface area contributed by atoms with Gasteiger partial charge in [0.1, 0.15) is 0 Å². The number of rotatable bonds is 2. The fraction of sp³-hybridized carbons (Fsp3) is 0.400. The molecule has 0 aliphatic heterocycles. The van der Waals surface area contributed by atoms with E-state index in [0.717, 1.165) is 0 Å². The number of hydrogen-bond donors (Lipinski definition) is 1. The zero-order chi connectivity index (χ0) is 15.3. The summed E-state index contributed by atoms with van der Waals surface area (Å²) in [5, 5.41) is -4.44. The standard InChI is InChI=1S/C5H2F6N2O4S2/c6-4(7,8)18(14,15)2-3(13-1-12-2)19(16,17)5(9,10)11/h1H,(H,12,13). The number of aromatic amines is 1. The van der Waals surface area contributed by atoms with Crippen molar-refractivity contribution in [3.05, 3.63) is 6.33 Å². The van der Waals surface area contributed by atoms with Gasteiger partial charge in [-0.1, -0.05) is 0 Å². The van der Waals surface area contributed by atoms with Gasteiger partial charge in [0.15, 0.2) is 5.03 Å². The van der Waals surface area contributed by atoms with Crippen molar-refractivity contribution >= 4 is 19.7 Å². The zero-order valence-electron chi connectivity index (χ0n) is 8.24. The predicted molar refractivity (Wildman–Crippen MR) is 45.1 cm³/mol. The number of aromatic nitrogens is 2. The van der Waals surface area contributed by atoms with Crippen LogP contribution in [0.15, 0.2) is 16.4 Å². The predicted octanol–water partition coefficient (Wildman–Crippen LogP) is 0.997. The Balaban J connectivity index is 3.62. The minimum atomic E-state index is -6.33. The fourth-order valence-electron chi connectivity index (χ4n) is 0.879. The third kappa shape index (κ3) is 2.41. The van der Waals surface area contributed by atoms with Gasteiger partial charge in [0.05, 0.1) is 6.33 Å². The lowest BCUT2D eigenvalue weighted by molar-refractivity contribution is -0.0459. The SMILES string of the molecule is O=S(=O)(c1nc[nH]c1S(=O)(=O)C(F)(F)F)C(F)(F)F. The van der Waals surface area contributed by atoms with Crippen molar-refractivity contribution in [3.8, 4) is 0 Å². The van der Waals surface area contributed by atoms with Gasteiger partial charge in [-0.25, -0.2) is 21.8 Å². The van der Waals surface area contributed by atoms with E-state index in [2.05, 4.69) is 4.98 Å². The molecule has 110 valence electrons. The van der Waals surface area contributed by atoms with E-state index in [0.29, 0.717) is 0 Å². The van der Waals surface area contributed by atoms with Crippen molar-refractivity contribution in [2.45, 2.75) is 21.1 Å². The second kappa shape index (κ2) is 4.09. The first kappa shape index (κ1) is 15.7. The highest BCUT2D eigenvalue weighted by Crippen LogP contribution is 2.36. The first-order valence-electron chi connectivity index (χ1n) is 3.89. The monoisotopic (exact) mass is 332 g/mol. The van der Waals surface area contributed by atoms with E-state index in [9.17, 15) is 43.2 Å². The van der Waals surface area contributed by atoms with Crippen LogP contribution < -0.4 is 0 Å². The molecular weight excluding hydrogens is 330 g/mol. The first-order valence-corrected chi connectivity index (χ1v) is 6.85. The van der Waals surface area contributed by atoms with Gasteiger partial charge in [-0.3, -0.25) is 0 Å². The molecule has 6 nitrogen and oxygen atoms in total. The van der Waals surface area contributed by atoms with Crippen LogP contribution in [0.5, 0.6) is 0 Å².